The summed E-state index contributed by atoms with van der Waals surface area (Å²) in [6, 6.07) is 5.83. The number of benzene rings is 1. The quantitative estimate of drug-likeness (QED) is 0.894. The van der Waals surface area contributed by atoms with Crippen LogP contribution in [0.5, 0.6) is 0 Å². The van der Waals surface area contributed by atoms with Crippen molar-refractivity contribution in [2.75, 3.05) is 26.3 Å². The average molecular weight is 312 g/mol. The molecule has 1 aliphatic heterocycles. The van der Waals surface area contributed by atoms with Crippen LogP contribution in [0, 0.1) is 0 Å². The minimum atomic E-state index is -3.52. The van der Waals surface area contributed by atoms with E-state index in [1.165, 1.54) is 12.1 Å². The number of ether oxygens (including phenoxy) is 1. The van der Waals surface area contributed by atoms with E-state index in [0.29, 0.717) is 31.9 Å². The lowest BCUT2D eigenvalue weighted by Crippen LogP contribution is -2.40. The smallest absolute Gasteiger partial charge is 0.254 e. The third kappa shape index (κ3) is 4.03. The number of sulfonamides is 1. The highest BCUT2D eigenvalue weighted by molar-refractivity contribution is 7.89. The molecule has 1 aromatic carbocycles. The lowest BCUT2D eigenvalue weighted by atomic mass is 10.2. The Morgan fingerprint density at radius 3 is 2.29 bits per heavy atom. The van der Waals surface area contributed by atoms with Crippen LogP contribution in [0.25, 0.3) is 0 Å². The zero-order valence-corrected chi connectivity index (χ0v) is 13.0. The van der Waals surface area contributed by atoms with E-state index in [1.807, 2.05) is 0 Å². The fourth-order valence-corrected chi connectivity index (χ4v) is 3.36. The van der Waals surface area contributed by atoms with E-state index in [2.05, 4.69) is 4.72 Å². The Kier molecular flexibility index (Phi) is 4.97. The standard InChI is InChI=1S/C14H20N2O4S/c1-11(2)15-21(18,19)13-5-3-12(4-6-13)14(17)16-7-9-20-10-8-16/h3-6,11,15H,7-10H2,1-2H3. The third-order valence-electron chi connectivity index (χ3n) is 3.10. The number of amides is 1. The molecule has 1 N–H and O–H groups in total. The van der Waals surface area contributed by atoms with Crippen molar-refractivity contribution in [2.45, 2.75) is 24.8 Å². The molecular formula is C14H20N2O4S. The van der Waals surface area contributed by atoms with Crippen LogP contribution in [-0.4, -0.2) is 51.6 Å². The van der Waals surface area contributed by atoms with Crippen LogP contribution in [0.4, 0.5) is 0 Å². The predicted molar refractivity (Wildman–Crippen MR) is 78.6 cm³/mol. The monoisotopic (exact) mass is 312 g/mol. The maximum absolute atomic E-state index is 12.2. The topological polar surface area (TPSA) is 75.7 Å². The van der Waals surface area contributed by atoms with Crippen molar-refractivity contribution in [1.29, 1.82) is 0 Å². The maximum Gasteiger partial charge on any atom is 0.254 e. The Morgan fingerprint density at radius 1 is 1.19 bits per heavy atom. The van der Waals surface area contributed by atoms with Gasteiger partial charge in [0.1, 0.15) is 0 Å². The van der Waals surface area contributed by atoms with Crippen molar-refractivity contribution in [3.8, 4) is 0 Å². The molecule has 0 aliphatic carbocycles. The van der Waals surface area contributed by atoms with Crippen molar-refractivity contribution < 1.29 is 17.9 Å². The average Bonchev–Trinajstić information content (AvgIpc) is 2.46. The van der Waals surface area contributed by atoms with Crippen LogP contribution in [0.15, 0.2) is 29.2 Å². The highest BCUT2D eigenvalue weighted by atomic mass is 32.2. The van der Waals surface area contributed by atoms with Gasteiger partial charge in [0.05, 0.1) is 18.1 Å². The Hall–Kier alpha value is -1.44. The number of nitrogens with zero attached hydrogens (tertiary/aromatic N) is 1. The van der Waals surface area contributed by atoms with E-state index in [9.17, 15) is 13.2 Å². The first-order valence-electron chi connectivity index (χ1n) is 6.89. The molecule has 2 rings (SSSR count). The lowest BCUT2D eigenvalue weighted by molar-refractivity contribution is 0.0303. The highest BCUT2D eigenvalue weighted by Gasteiger charge is 2.20. The van der Waals surface area contributed by atoms with Gasteiger partial charge in [-0.1, -0.05) is 0 Å². The number of morpholine rings is 1. The van der Waals surface area contributed by atoms with Crippen LogP contribution >= 0.6 is 0 Å². The molecule has 7 heteroatoms. The van der Waals surface area contributed by atoms with E-state index in [1.54, 1.807) is 30.9 Å². The van der Waals surface area contributed by atoms with Gasteiger partial charge in [-0.3, -0.25) is 4.79 Å². The Morgan fingerprint density at radius 2 is 1.76 bits per heavy atom. The number of carbonyl (C=O) groups excluding carboxylic acids is 1. The van der Waals surface area contributed by atoms with Crippen molar-refractivity contribution in [3.63, 3.8) is 0 Å². The van der Waals surface area contributed by atoms with Gasteiger partial charge in [0.2, 0.25) is 10.0 Å². The summed E-state index contributed by atoms with van der Waals surface area (Å²) in [5.74, 6) is -0.0981. The van der Waals surface area contributed by atoms with Gasteiger partial charge in [-0.05, 0) is 38.1 Å². The normalized spacial score (nSPS) is 16.2. The first-order valence-corrected chi connectivity index (χ1v) is 8.38. The molecule has 6 nitrogen and oxygen atoms in total. The first-order chi connectivity index (χ1) is 9.90. The number of carbonyl (C=O) groups is 1. The first kappa shape index (κ1) is 15.9. The SMILES string of the molecule is CC(C)NS(=O)(=O)c1ccc(C(=O)N2CCOCC2)cc1. The van der Waals surface area contributed by atoms with Gasteiger partial charge in [-0.2, -0.15) is 0 Å². The second-order valence-corrected chi connectivity index (χ2v) is 6.92. The second kappa shape index (κ2) is 6.55. The van der Waals surface area contributed by atoms with Crippen molar-refractivity contribution >= 4 is 15.9 Å². The van der Waals surface area contributed by atoms with Crippen molar-refractivity contribution in [2.24, 2.45) is 0 Å². The molecule has 0 bridgehead atoms. The minimum absolute atomic E-state index is 0.0981. The number of nitrogens with one attached hydrogen (secondary N) is 1. The molecule has 1 amide bonds. The molecule has 0 spiro atoms. The van der Waals surface area contributed by atoms with Gasteiger partial charge < -0.3 is 9.64 Å². The molecule has 0 atom stereocenters. The van der Waals surface area contributed by atoms with Crippen LogP contribution < -0.4 is 4.72 Å². The maximum atomic E-state index is 12.2. The lowest BCUT2D eigenvalue weighted by Gasteiger charge is -2.26. The van der Waals surface area contributed by atoms with E-state index in [4.69, 9.17) is 4.74 Å². The van der Waals surface area contributed by atoms with Gasteiger partial charge in [0, 0.05) is 24.7 Å². The second-order valence-electron chi connectivity index (χ2n) is 5.20. The molecule has 0 radical (unpaired) electrons. The summed E-state index contributed by atoms with van der Waals surface area (Å²) in [7, 11) is -3.52. The van der Waals surface area contributed by atoms with Gasteiger partial charge in [-0.25, -0.2) is 13.1 Å². The van der Waals surface area contributed by atoms with Crippen LogP contribution in [0.3, 0.4) is 0 Å². The molecule has 0 saturated carbocycles. The van der Waals surface area contributed by atoms with E-state index < -0.39 is 10.0 Å². The Labute approximate surface area is 125 Å². The Balaban J connectivity index is 2.13. The molecule has 1 aromatic rings. The molecule has 21 heavy (non-hydrogen) atoms. The third-order valence-corrected chi connectivity index (χ3v) is 4.78. The molecular weight excluding hydrogens is 292 g/mol. The van der Waals surface area contributed by atoms with Crippen molar-refractivity contribution in [3.05, 3.63) is 29.8 Å². The zero-order chi connectivity index (χ0) is 15.5. The van der Waals surface area contributed by atoms with E-state index in [-0.39, 0.29) is 16.8 Å². The number of rotatable bonds is 4. The van der Waals surface area contributed by atoms with Gasteiger partial charge in [0.25, 0.3) is 5.91 Å². The summed E-state index contributed by atoms with van der Waals surface area (Å²) < 4.78 is 31.7. The highest BCUT2D eigenvalue weighted by Crippen LogP contribution is 2.13. The molecule has 1 fully saturated rings. The summed E-state index contributed by atoms with van der Waals surface area (Å²) in [5, 5.41) is 0. The molecule has 0 aromatic heterocycles. The number of hydrogen-bond acceptors (Lipinski definition) is 4. The zero-order valence-electron chi connectivity index (χ0n) is 12.2. The summed E-state index contributed by atoms with van der Waals surface area (Å²) in [6.45, 7) is 5.72. The van der Waals surface area contributed by atoms with Crippen LogP contribution in [0.1, 0.15) is 24.2 Å². The molecule has 1 heterocycles. The van der Waals surface area contributed by atoms with Gasteiger partial charge in [0.15, 0.2) is 0 Å². The van der Waals surface area contributed by atoms with Gasteiger partial charge in [-0.15, -0.1) is 0 Å². The van der Waals surface area contributed by atoms with Crippen LogP contribution in [-0.2, 0) is 14.8 Å². The Bertz CT molecular complexity index is 590. The summed E-state index contributed by atoms with van der Waals surface area (Å²) in [5.41, 5.74) is 0.486. The van der Waals surface area contributed by atoms with E-state index >= 15 is 0 Å². The number of hydrogen-bond donors (Lipinski definition) is 1. The predicted octanol–water partition coefficient (Wildman–Crippen LogP) is 0.846. The fraction of sp³-hybridized carbons (Fsp3) is 0.500. The largest absolute Gasteiger partial charge is 0.378 e. The van der Waals surface area contributed by atoms with Gasteiger partial charge >= 0.3 is 0 Å². The fourth-order valence-electron chi connectivity index (χ4n) is 2.10. The van der Waals surface area contributed by atoms with Crippen LogP contribution in [0.2, 0.25) is 0 Å². The molecule has 1 saturated heterocycles. The molecule has 116 valence electrons. The summed E-state index contributed by atoms with van der Waals surface area (Å²) in [6.07, 6.45) is 0. The summed E-state index contributed by atoms with van der Waals surface area (Å²) >= 11 is 0. The molecule has 1 aliphatic rings. The summed E-state index contributed by atoms with van der Waals surface area (Å²) in [4.78, 5) is 14.1. The minimum Gasteiger partial charge on any atom is -0.378 e. The van der Waals surface area contributed by atoms with Crippen molar-refractivity contribution in [1.82, 2.24) is 9.62 Å². The van der Waals surface area contributed by atoms with E-state index in [0.717, 1.165) is 0 Å². The molecule has 0 unspecified atom stereocenters.